The molecule has 0 unspecified atom stereocenters. The lowest BCUT2D eigenvalue weighted by Crippen LogP contribution is -2.37. The lowest BCUT2D eigenvalue weighted by Gasteiger charge is -2.22. The molecule has 2 aliphatic rings. The number of anilines is 1. The first-order valence-electron chi connectivity index (χ1n) is 10.0. The van der Waals surface area contributed by atoms with Gasteiger partial charge >= 0.3 is 0 Å². The molecule has 6 nitrogen and oxygen atoms in total. The molecule has 1 N–H and O–H groups in total. The summed E-state index contributed by atoms with van der Waals surface area (Å²) in [5.74, 6) is 0.832. The van der Waals surface area contributed by atoms with Crippen LogP contribution in [0.4, 0.5) is 5.82 Å². The summed E-state index contributed by atoms with van der Waals surface area (Å²) in [5, 5.41) is 4.08. The average Bonchev–Trinajstić information content (AvgIpc) is 3.36. The van der Waals surface area contributed by atoms with Crippen LogP contribution >= 0.6 is 0 Å². The van der Waals surface area contributed by atoms with Crippen LogP contribution in [0.2, 0.25) is 0 Å². The SMILES string of the molecule is O=C(NC1CCCCC1)c1nc(N2CCCC2)c2oc3ccccc3c2n1. The van der Waals surface area contributed by atoms with Crippen LogP contribution in [-0.4, -0.2) is 35.0 Å². The number of carbonyl (C=O) groups is 1. The summed E-state index contributed by atoms with van der Waals surface area (Å²) in [6.45, 7) is 1.87. The molecule has 1 aliphatic heterocycles. The monoisotopic (exact) mass is 364 g/mol. The number of hydrogen-bond acceptors (Lipinski definition) is 5. The number of fused-ring (bicyclic) bond motifs is 3. The van der Waals surface area contributed by atoms with Gasteiger partial charge in [-0.05, 0) is 37.8 Å². The van der Waals surface area contributed by atoms with Crippen molar-refractivity contribution in [2.75, 3.05) is 18.0 Å². The molecular formula is C21H24N4O2. The van der Waals surface area contributed by atoms with Crippen molar-refractivity contribution in [2.45, 2.75) is 51.0 Å². The molecule has 6 heteroatoms. The zero-order chi connectivity index (χ0) is 18.2. The summed E-state index contributed by atoms with van der Waals surface area (Å²) in [5.41, 5.74) is 2.20. The zero-order valence-corrected chi connectivity index (χ0v) is 15.4. The molecule has 0 spiro atoms. The number of aromatic nitrogens is 2. The van der Waals surface area contributed by atoms with E-state index < -0.39 is 0 Å². The van der Waals surface area contributed by atoms with E-state index in [9.17, 15) is 4.79 Å². The minimum Gasteiger partial charge on any atom is -0.450 e. The third-order valence-electron chi connectivity index (χ3n) is 5.75. The zero-order valence-electron chi connectivity index (χ0n) is 15.4. The maximum Gasteiger partial charge on any atom is 0.289 e. The maximum atomic E-state index is 12.9. The van der Waals surface area contributed by atoms with E-state index in [1.807, 2.05) is 24.3 Å². The van der Waals surface area contributed by atoms with Crippen molar-refractivity contribution in [1.29, 1.82) is 0 Å². The van der Waals surface area contributed by atoms with Gasteiger partial charge in [0.2, 0.25) is 5.82 Å². The Morgan fingerprint density at radius 2 is 1.81 bits per heavy atom. The van der Waals surface area contributed by atoms with Crippen LogP contribution in [0.1, 0.15) is 55.6 Å². The Morgan fingerprint density at radius 1 is 1.04 bits per heavy atom. The predicted octanol–water partition coefficient (Wildman–Crippen LogP) is 4.04. The van der Waals surface area contributed by atoms with Gasteiger partial charge in [0.1, 0.15) is 11.1 Å². The molecule has 2 aromatic heterocycles. The van der Waals surface area contributed by atoms with Crippen LogP contribution in [0.25, 0.3) is 22.1 Å². The van der Waals surface area contributed by atoms with Crippen LogP contribution in [0, 0.1) is 0 Å². The fourth-order valence-electron chi connectivity index (χ4n) is 4.32. The van der Waals surface area contributed by atoms with E-state index in [4.69, 9.17) is 4.42 Å². The molecule has 1 aromatic carbocycles. The van der Waals surface area contributed by atoms with Crippen LogP contribution < -0.4 is 10.2 Å². The number of amides is 1. The highest BCUT2D eigenvalue weighted by atomic mass is 16.3. The Bertz CT molecular complexity index is 984. The van der Waals surface area contributed by atoms with Gasteiger partial charge < -0.3 is 14.6 Å². The summed E-state index contributed by atoms with van der Waals surface area (Å²) in [6.07, 6.45) is 7.97. The van der Waals surface area contributed by atoms with E-state index in [0.717, 1.165) is 61.1 Å². The molecule has 3 aromatic rings. The highest BCUT2D eigenvalue weighted by molar-refractivity contribution is 6.07. The minimum atomic E-state index is -0.172. The van der Waals surface area contributed by atoms with Gasteiger partial charge in [0.15, 0.2) is 11.4 Å². The quantitative estimate of drug-likeness (QED) is 0.759. The fourth-order valence-corrected chi connectivity index (χ4v) is 4.32. The van der Waals surface area contributed by atoms with Crippen molar-refractivity contribution in [2.24, 2.45) is 0 Å². The molecule has 1 saturated heterocycles. The lowest BCUT2D eigenvalue weighted by atomic mass is 9.95. The Kier molecular flexibility index (Phi) is 4.19. The van der Waals surface area contributed by atoms with Gasteiger partial charge in [-0.3, -0.25) is 4.79 Å². The van der Waals surface area contributed by atoms with Crippen molar-refractivity contribution in [3.63, 3.8) is 0 Å². The Hall–Kier alpha value is -2.63. The summed E-state index contributed by atoms with van der Waals surface area (Å²) in [7, 11) is 0. The first kappa shape index (κ1) is 16.5. The second-order valence-electron chi connectivity index (χ2n) is 7.65. The van der Waals surface area contributed by atoms with Crippen molar-refractivity contribution in [3.8, 4) is 0 Å². The summed E-state index contributed by atoms with van der Waals surface area (Å²) >= 11 is 0. The van der Waals surface area contributed by atoms with E-state index in [1.54, 1.807) is 0 Å². The number of furan rings is 1. The molecule has 0 radical (unpaired) electrons. The number of carbonyl (C=O) groups excluding carboxylic acids is 1. The van der Waals surface area contributed by atoms with Crippen molar-refractivity contribution in [1.82, 2.24) is 15.3 Å². The van der Waals surface area contributed by atoms with E-state index in [1.165, 1.54) is 19.3 Å². The minimum absolute atomic E-state index is 0.172. The van der Waals surface area contributed by atoms with E-state index in [-0.39, 0.29) is 17.8 Å². The van der Waals surface area contributed by atoms with Gasteiger partial charge in [-0.25, -0.2) is 9.97 Å². The maximum absolute atomic E-state index is 12.9. The van der Waals surface area contributed by atoms with Crippen molar-refractivity contribution in [3.05, 3.63) is 30.1 Å². The highest BCUT2D eigenvalue weighted by Crippen LogP contribution is 2.34. The van der Waals surface area contributed by atoms with Gasteiger partial charge in [-0.1, -0.05) is 31.4 Å². The number of para-hydroxylation sites is 1. The molecule has 1 aliphatic carbocycles. The number of nitrogens with zero attached hydrogens (tertiary/aromatic N) is 3. The topological polar surface area (TPSA) is 71.3 Å². The summed E-state index contributed by atoms with van der Waals surface area (Å²) < 4.78 is 6.08. The smallest absolute Gasteiger partial charge is 0.289 e. The third kappa shape index (κ3) is 3.03. The van der Waals surface area contributed by atoms with Crippen LogP contribution in [0.3, 0.4) is 0 Å². The standard InChI is InChI=1S/C21H24N4O2/c26-21(22-14-8-2-1-3-9-14)19-23-17-15-10-4-5-11-16(15)27-18(17)20(24-19)25-12-6-7-13-25/h4-5,10-11,14H,1-3,6-9,12-13H2,(H,22,26). The van der Waals surface area contributed by atoms with Gasteiger partial charge in [0.05, 0.1) is 0 Å². The largest absolute Gasteiger partial charge is 0.450 e. The van der Waals surface area contributed by atoms with Gasteiger partial charge in [0, 0.05) is 24.5 Å². The number of hydrogen-bond donors (Lipinski definition) is 1. The summed E-state index contributed by atoms with van der Waals surface area (Å²) in [6, 6.07) is 8.08. The molecule has 27 heavy (non-hydrogen) atoms. The van der Waals surface area contributed by atoms with Crippen LogP contribution in [0.5, 0.6) is 0 Å². The van der Waals surface area contributed by atoms with E-state index >= 15 is 0 Å². The average molecular weight is 364 g/mol. The Labute approximate surface area is 158 Å². The Morgan fingerprint density at radius 3 is 2.63 bits per heavy atom. The first-order valence-corrected chi connectivity index (χ1v) is 10.0. The molecule has 0 bridgehead atoms. The lowest BCUT2D eigenvalue weighted by molar-refractivity contribution is 0.0917. The second-order valence-corrected chi connectivity index (χ2v) is 7.65. The van der Waals surface area contributed by atoms with Crippen molar-refractivity contribution < 1.29 is 9.21 Å². The van der Waals surface area contributed by atoms with Crippen LogP contribution in [-0.2, 0) is 0 Å². The second kappa shape index (κ2) is 6.83. The first-order chi connectivity index (χ1) is 13.3. The predicted molar refractivity (Wildman–Crippen MR) is 105 cm³/mol. The molecule has 0 atom stereocenters. The highest BCUT2D eigenvalue weighted by Gasteiger charge is 2.25. The van der Waals surface area contributed by atoms with Gasteiger partial charge in [-0.2, -0.15) is 0 Å². The van der Waals surface area contributed by atoms with E-state index in [0.29, 0.717) is 5.58 Å². The molecule has 1 saturated carbocycles. The molecule has 3 heterocycles. The normalized spacial score (nSPS) is 18.4. The molecule has 1 amide bonds. The van der Waals surface area contributed by atoms with E-state index in [2.05, 4.69) is 20.2 Å². The summed E-state index contributed by atoms with van der Waals surface area (Å²) in [4.78, 5) is 24.4. The van der Waals surface area contributed by atoms with Gasteiger partial charge in [0.25, 0.3) is 5.91 Å². The Balaban J connectivity index is 1.59. The molecule has 5 rings (SSSR count). The van der Waals surface area contributed by atoms with Crippen LogP contribution in [0.15, 0.2) is 28.7 Å². The molecule has 2 fully saturated rings. The molecule has 140 valence electrons. The number of nitrogens with one attached hydrogen (secondary N) is 1. The number of benzene rings is 1. The van der Waals surface area contributed by atoms with Crippen molar-refractivity contribution >= 4 is 33.8 Å². The molecular weight excluding hydrogens is 340 g/mol. The number of rotatable bonds is 3. The third-order valence-corrected chi connectivity index (χ3v) is 5.75. The van der Waals surface area contributed by atoms with Gasteiger partial charge in [-0.15, -0.1) is 0 Å². The fraction of sp³-hybridized carbons (Fsp3) is 0.476.